The monoisotopic (exact) mass is 1540 g/mol. The van der Waals surface area contributed by atoms with E-state index in [1.165, 1.54) is 17.0 Å². The molecule has 34 heteroatoms. The second-order valence-electron chi connectivity index (χ2n) is 28.0. The van der Waals surface area contributed by atoms with E-state index < -0.39 is 138 Å². The molecule has 10 amide bonds. The summed E-state index contributed by atoms with van der Waals surface area (Å²) in [5.41, 5.74) is 42.7. The molecule has 1 aliphatic rings. The average molecular weight is 1540 g/mol. The molecule has 0 bridgehead atoms. The molecule has 4 aromatic carbocycles. The number of rotatable bonds is 49. The summed E-state index contributed by atoms with van der Waals surface area (Å²) in [5.74, 6) is -10.3. The van der Waals surface area contributed by atoms with Crippen LogP contribution in [0, 0.1) is 11.8 Å². The van der Waals surface area contributed by atoms with Crippen molar-refractivity contribution < 1.29 is 63.0 Å². The first kappa shape index (κ1) is 90.2. The second kappa shape index (κ2) is 48.2. The van der Waals surface area contributed by atoms with Gasteiger partial charge in [-0.25, -0.2) is 4.79 Å². The lowest BCUT2D eigenvalue weighted by Gasteiger charge is -2.32. The van der Waals surface area contributed by atoms with Crippen LogP contribution in [0.25, 0.3) is 0 Å². The smallest absolute Gasteiger partial charge is 0.326 e. The van der Waals surface area contributed by atoms with Crippen LogP contribution in [0.2, 0.25) is 0 Å². The van der Waals surface area contributed by atoms with E-state index in [1.807, 2.05) is 65.6 Å². The van der Waals surface area contributed by atoms with Crippen molar-refractivity contribution in [3.63, 3.8) is 0 Å². The predicted molar refractivity (Wildman–Crippen MR) is 421 cm³/mol. The third-order valence-corrected chi connectivity index (χ3v) is 18.6. The molecule has 4 aromatic rings. The third kappa shape index (κ3) is 33.1. The maximum atomic E-state index is 14.9. The third-order valence-electron chi connectivity index (χ3n) is 18.6. The number of amides is 10. The molecule has 0 aliphatic carbocycles. The molecule has 10 atom stereocenters. The number of likely N-dealkylation sites (tertiary alicyclic amines) is 1. The van der Waals surface area contributed by atoms with Crippen LogP contribution in [0.4, 0.5) is 0 Å². The van der Waals surface area contributed by atoms with Crippen molar-refractivity contribution in [1.82, 2.24) is 57.7 Å². The topological polar surface area (TPSA) is 562 Å². The average Bonchev–Trinajstić information content (AvgIpc) is 1.82. The van der Waals surface area contributed by atoms with E-state index in [0.717, 1.165) is 16.7 Å². The number of carboxylic acids is 1. The number of carbonyl (C=O) groups is 11. The number of nitrogens with zero attached hydrogens (tertiary/aromatic N) is 5. The van der Waals surface area contributed by atoms with Gasteiger partial charge in [-0.1, -0.05) is 137 Å². The highest BCUT2D eigenvalue weighted by atomic mass is 16.4. The fraction of sp³-hybridized carbons (Fsp3) is 0.506. The SMILES string of the molecule is CCC(C)C(NC(=O)C(CCCN=C(N)N)NC(=O)C(CCCN=C(N)N)NC(=O)C(CC(C)C)NC(=O)C(Cc1ccccc1)NC(=O)CNC(=O)CNC(=O)C(Cc1ccc(O)cc1)N(Cc1ccccc1)Cc1ccccc1)C(=O)NC(CCCN=C(N)N)C(=O)N1CCCC1C(=O)NC(CCCCN)C(=O)O. The van der Waals surface area contributed by atoms with E-state index in [9.17, 15) is 63.0 Å². The highest BCUT2D eigenvalue weighted by Crippen LogP contribution is 2.23. The Morgan fingerprint density at radius 1 is 0.495 bits per heavy atom. The lowest BCUT2D eigenvalue weighted by molar-refractivity contribution is -0.145. The predicted octanol–water partition coefficient (Wildman–Crippen LogP) is -0.668. The van der Waals surface area contributed by atoms with E-state index in [1.54, 1.807) is 70.2 Å². The molecule has 5 rings (SSSR count). The molecule has 10 unspecified atom stereocenters. The van der Waals surface area contributed by atoms with Crippen molar-refractivity contribution in [2.24, 2.45) is 66.9 Å². The number of carbonyl (C=O) groups excluding carboxylic acids is 10. The number of unbranched alkanes of at least 4 members (excludes halogenated alkanes) is 1. The minimum atomic E-state index is -1.45. The largest absolute Gasteiger partial charge is 0.508 e. The normalized spacial score (nSPS) is 14.9. The molecule has 34 nitrogen and oxygen atoms in total. The molecule has 1 heterocycles. The Bertz CT molecular complexity index is 3690. The van der Waals surface area contributed by atoms with Crippen molar-refractivity contribution in [3.8, 4) is 5.75 Å². The van der Waals surface area contributed by atoms with Crippen LogP contribution in [-0.4, -0.2) is 203 Å². The second-order valence-corrected chi connectivity index (χ2v) is 28.0. The number of guanidine groups is 3. The number of aliphatic imine (C=N–C) groups is 3. The molecule has 1 saturated heterocycles. The molecule has 0 spiro atoms. The van der Waals surface area contributed by atoms with Crippen LogP contribution in [0.3, 0.4) is 0 Å². The molecule has 0 radical (unpaired) electrons. The Morgan fingerprint density at radius 3 is 1.46 bits per heavy atom. The maximum Gasteiger partial charge on any atom is 0.326 e. The van der Waals surface area contributed by atoms with Crippen molar-refractivity contribution in [3.05, 3.63) is 138 Å². The number of carboxylic acid groups (broad SMARTS) is 1. The Morgan fingerprint density at radius 2 is 0.955 bits per heavy atom. The summed E-state index contributed by atoms with van der Waals surface area (Å²) in [5, 5.41) is 44.4. The highest BCUT2D eigenvalue weighted by Gasteiger charge is 2.41. The van der Waals surface area contributed by atoms with Gasteiger partial charge in [0.15, 0.2) is 17.9 Å². The summed E-state index contributed by atoms with van der Waals surface area (Å²) in [6.07, 6.45) is 2.15. The fourth-order valence-electron chi connectivity index (χ4n) is 12.6. The minimum Gasteiger partial charge on any atom is -0.508 e. The van der Waals surface area contributed by atoms with Crippen molar-refractivity contribution >= 4 is 82.9 Å². The number of aliphatic carboxylic acids is 1. The Hall–Kier alpha value is -11.4. The molecule has 606 valence electrons. The number of phenols is 1. The van der Waals surface area contributed by atoms with Crippen molar-refractivity contribution in [2.45, 2.75) is 191 Å². The van der Waals surface area contributed by atoms with Crippen molar-refractivity contribution in [2.75, 3.05) is 45.8 Å². The van der Waals surface area contributed by atoms with E-state index in [2.05, 4.69) is 62.8 Å². The first-order valence-corrected chi connectivity index (χ1v) is 37.7. The van der Waals surface area contributed by atoms with Gasteiger partial charge in [0, 0.05) is 45.7 Å². The fourth-order valence-corrected chi connectivity index (χ4v) is 12.6. The lowest BCUT2D eigenvalue weighted by atomic mass is 9.96. The lowest BCUT2D eigenvalue weighted by Crippen LogP contribution is -2.61. The quantitative estimate of drug-likeness (QED) is 0.0148. The van der Waals surface area contributed by atoms with Gasteiger partial charge in [-0.2, -0.15) is 0 Å². The number of nitrogens with one attached hydrogen (secondary N) is 9. The van der Waals surface area contributed by atoms with E-state index in [4.69, 9.17) is 40.1 Å². The number of nitrogens with two attached hydrogens (primary N) is 7. The molecule has 1 fully saturated rings. The molecular weight excluding hydrogens is 1430 g/mol. The standard InChI is InChI=1S/C77H115N21O13/c1-5-49(4)65(72(108)93-57(30-19-39-87-77(83)84)73(109)98-40-20-31-61(98)71(107)94-58(74(110)111)27-15-16-36-78)96-67(103)56(29-18-38-86-76(81)82)91-66(102)55(28-17-37-85-75(79)80)92-68(104)59(41-48(2)3)95-69(105)60(42-50-21-9-6-10-22-50)90-64(101)45-88-63(100)44-89-70(106)62(43-51-32-34-54(99)35-33-51)97(46-52-23-11-7-12-24-52)47-53-25-13-8-14-26-53/h6-14,21-26,32-35,48-49,55-62,65,99H,5,15-20,27-31,36-47,78H2,1-4H3,(H,88,100)(H,89,106)(H,90,101)(H,91,102)(H,92,104)(H,93,108)(H,94,107)(H,95,105)(H,96,103)(H,110,111)(H4,79,80,85)(H4,81,82,86)(H4,83,84,87). The molecule has 0 aromatic heterocycles. The van der Waals surface area contributed by atoms with Gasteiger partial charge in [0.1, 0.15) is 54.1 Å². The highest BCUT2D eigenvalue weighted by molar-refractivity contribution is 5.99. The molecule has 111 heavy (non-hydrogen) atoms. The van der Waals surface area contributed by atoms with Crippen LogP contribution in [0.15, 0.2) is 130 Å². The van der Waals surface area contributed by atoms with Gasteiger partial charge in [-0.05, 0) is 136 Å². The number of benzene rings is 4. The maximum absolute atomic E-state index is 14.9. The number of hydrogen-bond acceptors (Lipinski definition) is 17. The molecule has 1 aliphatic heterocycles. The zero-order valence-corrected chi connectivity index (χ0v) is 64.0. The molecule has 0 saturated carbocycles. The molecule has 25 N–H and O–H groups in total. The summed E-state index contributed by atoms with van der Waals surface area (Å²) in [4.78, 5) is 172. The van der Waals surface area contributed by atoms with Crippen LogP contribution in [0.1, 0.15) is 133 Å². The number of aromatic hydroxyl groups is 1. The zero-order chi connectivity index (χ0) is 81.4. The van der Waals surface area contributed by atoms with Crippen LogP contribution >= 0.6 is 0 Å². The summed E-state index contributed by atoms with van der Waals surface area (Å²) in [6, 6.07) is 22.9. The van der Waals surface area contributed by atoms with Gasteiger partial charge in [-0.3, -0.25) is 67.8 Å². The van der Waals surface area contributed by atoms with Gasteiger partial charge in [0.2, 0.25) is 59.1 Å². The van der Waals surface area contributed by atoms with Gasteiger partial charge >= 0.3 is 5.97 Å². The Kier molecular flexibility index (Phi) is 39.2. The number of phenolic OH excluding ortho intramolecular Hbond substituents is 1. The first-order valence-electron chi connectivity index (χ1n) is 37.7. The summed E-state index contributed by atoms with van der Waals surface area (Å²) in [7, 11) is 0. The van der Waals surface area contributed by atoms with Crippen molar-refractivity contribution in [1.29, 1.82) is 0 Å². The van der Waals surface area contributed by atoms with E-state index >= 15 is 0 Å². The van der Waals surface area contributed by atoms with Gasteiger partial charge < -0.3 is 103 Å². The van der Waals surface area contributed by atoms with E-state index in [0.29, 0.717) is 50.9 Å². The van der Waals surface area contributed by atoms with Gasteiger partial charge in [-0.15, -0.1) is 0 Å². The van der Waals surface area contributed by atoms with Gasteiger partial charge in [0.25, 0.3) is 0 Å². The van der Waals surface area contributed by atoms with Crippen LogP contribution in [0.5, 0.6) is 5.75 Å². The summed E-state index contributed by atoms with van der Waals surface area (Å²) in [6.45, 7) is 7.08. The van der Waals surface area contributed by atoms with Crippen LogP contribution in [-0.2, 0) is 78.7 Å². The Balaban J connectivity index is 1.36. The van der Waals surface area contributed by atoms with E-state index in [-0.39, 0.29) is 126 Å². The van der Waals surface area contributed by atoms with Gasteiger partial charge in [0.05, 0.1) is 19.1 Å². The summed E-state index contributed by atoms with van der Waals surface area (Å²) >= 11 is 0. The number of hydrogen-bond donors (Lipinski definition) is 18. The van der Waals surface area contributed by atoms with Crippen LogP contribution < -0.4 is 88.0 Å². The summed E-state index contributed by atoms with van der Waals surface area (Å²) < 4.78 is 0. The Labute approximate surface area is 648 Å². The zero-order valence-electron chi connectivity index (χ0n) is 64.0. The minimum absolute atomic E-state index is 0.00585. The first-order chi connectivity index (χ1) is 53.0. The molecular formula is C77H115N21O13.